The van der Waals surface area contributed by atoms with Crippen molar-refractivity contribution < 1.29 is 4.79 Å². The number of carbonyl (C=O) groups is 1. The summed E-state index contributed by atoms with van der Waals surface area (Å²) in [6, 6.07) is 9.09. The third kappa shape index (κ3) is 3.18. The first-order valence-corrected chi connectivity index (χ1v) is 7.33. The van der Waals surface area contributed by atoms with Crippen molar-refractivity contribution in [3.05, 3.63) is 55.6 Å². The zero-order valence-corrected chi connectivity index (χ0v) is 13.7. The Hall–Kier alpha value is -0.720. The highest BCUT2D eigenvalue weighted by Gasteiger charge is 2.12. The van der Waals surface area contributed by atoms with E-state index in [9.17, 15) is 4.79 Å². The Bertz CT molecular complexity index is 602. The fourth-order valence-corrected chi connectivity index (χ4v) is 2.47. The lowest BCUT2D eigenvalue weighted by Gasteiger charge is -2.08. The molecule has 1 aromatic carbocycles. The zero-order valence-electron chi connectivity index (χ0n) is 8.95. The van der Waals surface area contributed by atoms with E-state index >= 15 is 0 Å². The predicted octanol–water partition coefficient (Wildman–Crippen LogP) is 4.62. The highest BCUT2D eigenvalue weighted by Crippen LogP contribution is 2.27. The Morgan fingerprint density at radius 2 is 1.89 bits per heavy atom. The van der Waals surface area contributed by atoms with Crippen LogP contribution < -0.4 is 5.32 Å². The summed E-state index contributed by atoms with van der Waals surface area (Å²) in [6.07, 6.45) is 1.58. The van der Waals surface area contributed by atoms with Crippen LogP contribution in [0.25, 0.3) is 0 Å². The molecule has 2 aromatic rings. The Kier molecular flexibility index (Phi) is 4.53. The summed E-state index contributed by atoms with van der Waals surface area (Å²) in [5.41, 5.74) is 1.04. The molecule has 6 heteroatoms. The van der Waals surface area contributed by atoms with Crippen LogP contribution in [0, 0.1) is 0 Å². The Morgan fingerprint density at radius 1 is 1.11 bits per heavy atom. The maximum absolute atomic E-state index is 12.1. The molecule has 92 valence electrons. The van der Waals surface area contributed by atoms with Crippen molar-refractivity contribution in [1.82, 2.24) is 4.98 Å². The number of carbonyl (C=O) groups excluding carboxylic acids is 1. The van der Waals surface area contributed by atoms with Gasteiger partial charge in [-0.05, 0) is 62.2 Å². The van der Waals surface area contributed by atoms with E-state index in [4.69, 9.17) is 0 Å². The van der Waals surface area contributed by atoms with E-state index in [0.717, 1.165) is 8.95 Å². The van der Waals surface area contributed by atoms with Crippen LogP contribution in [-0.4, -0.2) is 10.9 Å². The molecule has 1 amide bonds. The van der Waals surface area contributed by atoms with Crippen LogP contribution in [0.1, 0.15) is 10.5 Å². The van der Waals surface area contributed by atoms with Crippen molar-refractivity contribution in [3.63, 3.8) is 0 Å². The number of nitrogens with one attached hydrogen (secondary N) is 1. The lowest BCUT2D eigenvalue weighted by molar-refractivity contribution is 0.102. The minimum atomic E-state index is -0.263. The molecule has 0 atom stereocenters. The first-order chi connectivity index (χ1) is 8.58. The van der Waals surface area contributed by atoms with Gasteiger partial charge in [-0.15, -0.1) is 0 Å². The number of amides is 1. The third-order valence-electron chi connectivity index (χ3n) is 2.15. The molecule has 0 fully saturated rings. The van der Waals surface area contributed by atoms with Crippen LogP contribution in [-0.2, 0) is 0 Å². The summed E-state index contributed by atoms with van der Waals surface area (Å²) in [6.45, 7) is 0. The number of benzene rings is 1. The summed E-state index contributed by atoms with van der Waals surface area (Å²) in [5, 5.41) is 2.80. The largest absolute Gasteiger partial charge is 0.320 e. The number of pyridine rings is 1. The topological polar surface area (TPSA) is 42.0 Å². The van der Waals surface area contributed by atoms with E-state index in [-0.39, 0.29) is 5.91 Å². The highest BCUT2D eigenvalue weighted by atomic mass is 79.9. The molecule has 0 saturated carbocycles. The van der Waals surface area contributed by atoms with Gasteiger partial charge in [0.05, 0.1) is 5.69 Å². The first-order valence-electron chi connectivity index (χ1n) is 4.95. The average molecular weight is 435 g/mol. The summed E-state index contributed by atoms with van der Waals surface area (Å²) < 4.78 is 2.36. The minimum Gasteiger partial charge on any atom is -0.320 e. The number of aromatic nitrogens is 1. The van der Waals surface area contributed by atoms with Gasteiger partial charge in [0.1, 0.15) is 5.69 Å². The lowest BCUT2D eigenvalue weighted by atomic mass is 10.3. The maximum Gasteiger partial charge on any atom is 0.275 e. The van der Waals surface area contributed by atoms with Crippen molar-refractivity contribution in [1.29, 1.82) is 0 Å². The molecule has 2 rings (SSSR count). The molecular weight excluding hydrogens is 428 g/mol. The molecule has 0 aliphatic heterocycles. The highest BCUT2D eigenvalue weighted by molar-refractivity contribution is 9.11. The summed E-state index contributed by atoms with van der Waals surface area (Å²) in [7, 11) is 0. The van der Waals surface area contributed by atoms with Gasteiger partial charge >= 0.3 is 0 Å². The fourth-order valence-electron chi connectivity index (χ4n) is 1.33. The van der Waals surface area contributed by atoms with Crippen LogP contribution in [0.5, 0.6) is 0 Å². The lowest BCUT2D eigenvalue weighted by Crippen LogP contribution is -2.14. The Morgan fingerprint density at radius 3 is 2.61 bits per heavy atom. The Labute approximate surface area is 129 Å². The second-order valence-electron chi connectivity index (χ2n) is 3.41. The standard InChI is InChI=1S/C12H7Br3N2O/c13-7-3-4-8(14)10(6-7)17-12(18)11-9(15)2-1-5-16-11/h1-6H,(H,17,18). The molecule has 1 aromatic heterocycles. The SMILES string of the molecule is O=C(Nc1cc(Br)ccc1Br)c1ncccc1Br. The molecule has 0 unspecified atom stereocenters. The molecule has 0 aliphatic rings. The molecule has 3 nitrogen and oxygen atoms in total. The van der Waals surface area contributed by atoms with Gasteiger partial charge in [-0.25, -0.2) is 4.98 Å². The molecule has 1 heterocycles. The van der Waals surface area contributed by atoms with E-state index in [1.54, 1.807) is 18.3 Å². The van der Waals surface area contributed by atoms with Gasteiger partial charge in [0.15, 0.2) is 0 Å². The summed E-state index contributed by atoms with van der Waals surface area (Å²) in [5.74, 6) is -0.263. The van der Waals surface area contributed by atoms with E-state index in [2.05, 4.69) is 58.1 Å². The van der Waals surface area contributed by atoms with Gasteiger partial charge < -0.3 is 5.32 Å². The molecule has 0 bridgehead atoms. The van der Waals surface area contributed by atoms with Crippen LogP contribution in [0.4, 0.5) is 5.69 Å². The summed E-state index contributed by atoms with van der Waals surface area (Å²) >= 11 is 10.0. The second kappa shape index (κ2) is 5.95. The molecule has 0 aliphatic carbocycles. The Balaban J connectivity index is 2.27. The third-order valence-corrected chi connectivity index (χ3v) is 3.97. The number of nitrogens with zero attached hydrogens (tertiary/aromatic N) is 1. The van der Waals surface area contributed by atoms with Crippen molar-refractivity contribution >= 4 is 59.4 Å². The molecule has 0 radical (unpaired) electrons. The number of halogens is 3. The number of rotatable bonds is 2. The van der Waals surface area contributed by atoms with Gasteiger partial charge in [-0.2, -0.15) is 0 Å². The zero-order chi connectivity index (χ0) is 13.1. The maximum atomic E-state index is 12.1. The summed E-state index contributed by atoms with van der Waals surface area (Å²) in [4.78, 5) is 16.1. The molecule has 18 heavy (non-hydrogen) atoms. The number of anilines is 1. The number of hydrogen-bond donors (Lipinski definition) is 1. The minimum absolute atomic E-state index is 0.263. The van der Waals surface area contributed by atoms with Gasteiger partial charge in [-0.1, -0.05) is 15.9 Å². The van der Waals surface area contributed by atoms with Crippen LogP contribution in [0.2, 0.25) is 0 Å². The predicted molar refractivity (Wildman–Crippen MR) is 81.7 cm³/mol. The monoisotopic (exact) mass is 432 g/mol. The molecular formula is C12H7Br3N2O. The van der Waals surface area contributed by atoms with E-state index < -0.39 is 0 Å². The van der Waals surface area contributed by atoms with Crippen molar-refractivity contribution in [2.24, 2.45) is 0 Å². The molecule has 0 saturated heterocycles. The van der Waals surface area contributed by atoms with Crippen molar-refractivity contribution in [2.45, 2.75) is 0 Å². The van der Waals surface area contributed by atoms with Gasteiger partial charge in [0.2, 0.25) is 0 Å². The quantitative estimate of drug-likeness (QED) is 0.749. The van der Waals surface area contributed by atoms with Crippen LogP contribution in [0.3, 0.4) is 0 Å². The normalized spacial score (nSPS) is 10.2. The van der Waals surface area contributed by atoms with Gasteiger partial charge in [-0.3, -0.25) is 4.79 Å². The molecule has 1 N–H and O–H groups in total. The van der Waals surface area contributed by atoms with Crippen molar-refractivity contribution in [2.75, 3.05) is 5.32 Å². The van der Waals surface area contributed by atoms with Gasteiger partial charge in [0, 0.05) is 19.6 Å². The average Bonchev–Trinajstić information content (AvgIpc) is 2.34. The second-order valence-corrected chi connectivity index (χ2v) is 6.04. The van der Waals surface area contributed by atoms with Crippen LogP contribution in [0.15, 0.2) is 49.9 Å². The van der Waals surface area contributed by atoms with Crippen LogP contribution >= 0.6 is 47.8 Å². The van der Waals surface area contributed by atoms with E-state index in [1.807, 2.05) is 18.2 Å². The number of hydrogen-bond acceptors (Lipinski definition) is 2. The van der Waals surface area contributed by atoms with E-state index in [1.165, 1.54) is 0 Å². The van der Waals surface area contributed by atoms with Crippen molar-refractivity contribution in [3.8, 4) is 0 Å². The molecule has 0 spiro atoms. The van der Waals surface area contributed by atoms with E-state index in [0.29, 0.717) is 15.9 Å². The first kappa shape index (κ1) is 13.7. The fraction of sp³-hybridized carbons (Fsp3) is 0. The van der Waals surface area contributed by atoms with Gasteiger partial charge in [0.25, 0.3) is 5.91 Å². The smallest absolute Gasteiger partial charge is 0.275 e.